The van der Waals surface area contributed by atoms with E-state index in [-0.39, 0.29) is 5.91 Å². The first-order valence-electron chi connectivity index (χ1n) is 3.98. The molecule has 72 valence electrons. The van der Waals surface area contributed by atoms with Crippen molar-refractivity contribution in [3.63, 3.8) is 0 Å². The summed E-state index contributed by atoms with van der Waals surface area (Å²) in [6, 6.07) is 0. The Kier molecular flexibility index (Phi) is 3.82. The number of hydrogen-bond acceptors (Lipinski definition) is 3. The topological polar surface area (TPSA) is 57.6 Å². The van der Waals surface area contributed by atoms with Crippen LogP contribution in [0, 0.1) is 0 Å². The first kappa shape index (κ1) is 10.1. The predicted molar refractivity (Wildman–Crippen MR) is 50.7 cm³/mol. The summed E-state index contributed by atoms with van der Waals surface area (Å²) >= 11 is 1.81. The van der Waals surface area contributed by atoms with Crippen LogP contribution in [0.5, 0.6) is 0 Å². The van der Waals surface area contributed by atoms with Crippen LogP contribution in [0.1, 0.15) is 0 Å². The van der Waals surface area contributed by atoms with Crippen LogP contribution in [-0.4, -0.2) is 46.5 Å². The highest BCUT2D eigenvalue weighted by atomic mass is 32.2. The van der Waals surface area contributed by atoms with E-state index >= 15 is 0 Å². The van der Waals surface area contributed by atoms with Gasteiger partial charge in [-0.3, -0.25) is 4.79 Å². The Balaban J connectivity index is 2.41. The van der Waals surface area contributed by atoms with Crippen LogP contribution >= 0.6 is 11.8 Å². The van der Waals surface area contributed by atoms with Crippen LogP contribution in [0.25, 0.3) is 0 Å². The van der Waals surface area contributed by atoms with Crippen molar-refractivity contribution < 1.29 is 14.7 Å². The number of aliphatic carboxylic acids is 1. The summed E-state index contributed by atoms with van der Waals surface area (Å²) in [6.45, 7) is 1.43. The fourth-order valence-electron chi connectivity index (χ4n) is 1.03. The van der Waals surface area contributed by atoms with E-state index in [0.717, 1.165) is 23.7 Å². The molecule has 4 nitrogen and oxygen atoms in total. The second-order valence-corrected chi connectivity index (χ2v) is 3.83. The van der Waals surface area contributed by atoms with Gasteiger partial charge in [0.2, 0.25) is 5.91 Å². The highest BCUT2D eigenvalue weighted by Gasteiger charge is 2.13. The number of carboxylic acids is 1. The predicted octanol–water partition coefficient (Wildman–Crippen LogP) is 0.203. The lowest BCUT2D eigenvalue weighted by Crippen LogP contribution is -2.36. The molecule has 0 aromatic carbocycles. The van der Waals surface area contributed by atoms with Gasteiger partial charge in [0.05, 0.1) is 0 Å². The number of hydrogen-bond donors (Lipinski definition) is 1. The zero-order valence-corrected chi connectivity index (χ0v) is 7.92. The molecule has 0 aliphatic carbocycles. The number of thioether (sulfide) groups is 1. The van der Waals surface area contributed by atoms with Crippen LogP contribution in [0.4, 0.5) is 0 Å². The van der Waals surface area contributed by atoms with Crippen LogP contribution in [0.3, 0.4) is 0 Å². The molecule has 0 aromatic heterocycles. The van der Waals surface area contributed by atoms with Crippen molar-refractivity contribution in [1.82, 2.24) is 4.90 Å². The normalized spacial score (nSPS) is 17.7. The Hall–Kier alpha value is -0.970. The van der Waals surface area contributed by atoms with Crippen molar-refractivity contribution in [2.24, 2.45) is 0 Å². The molecular weight excluding hydrogens is 190 g/mol. The summed E-state index contributed by atoms with van der Waals surface area (Å²) < 4.78 is 0. The molecule has 1 aliphatic heterocycles. The van der Waals surface area contributed by atoms with Crippen molar-refractivity contribution in [2.75, 3.05) is 24.6 Å². The van der Waals surface area contributed by atoms with Gasteiger partial charge in [0.1, 0.15) is 0 Å². The molecule has 0 atom stereocenters. The lowest BCUT2D eigenvalue weighted by Gasteiger charge is -2.24. The van der Waals surface area contributed by atoms with E-state index in [1.54, 1.807) is 16.7 Å². The maximum Gasteiger partial charge on any atom is 0.328 e. The molecule has 0 unspecified atom stereocenters. The minimum Gasteiger partial charge on any atom is -0.478 e. The number of amides is 1. The Morgan fingerprint density at radius 2 is 1.85 bits per heavy atom. The number of carbonyl (C=O) groups is 2. The van der Waals surface area contributed by atoms with Gasteiger partial charge in [-0.05, 0) is 0 Å². The first-order valence-corrected chi connectivity index (χ1v) is 5.13. The summed E-state index contributed by atoms with van der Waals surface area (Å²) in [5.74, 6) is 0.585. The van der Waals surface area contributed by atoms with Crippen LogP contribution < -0.4 is 0 Å². The molecular formula is C8H11NO3S. The van der Waals surface area contributed by atoms with Crippen molar-refractivity contribution in [3.8, 4) is 0 Å². The average molecular weight is 201 g/mol. The summed E-state index contributed by atoms with van der Waals surface area (Å²) in [7, 11) is 0. The highest BCUT2D eigenvalue weighted by Crippen LogP contribution is 2.09. The summed E-state index contributed by atoms with van der Waals surface area (Å²) in [5, 5.41) is 8.30. The molecule has 1 heterocycles. The fourth-order valence-corrected chi connectivity index (χ4v) is 1.93. The van der Waals surface area contributed by atoms with E-state index in [2.05, 4.69) is 0 Å². The third kappa shape index (κ3) is 3.50. The van der Waals surface area contributed by atoms with Crippen LogP contribution in [0.2, 0.25) is 0 Å². The lowest BCUT2D eigenvalue weighted by molar-refractivity contribution is -0.132. The van der Waals surface area contributed by atoms with Gasteiger partial charge in [0.15, 0.2) is 0 Å². The zero-order valence-electron chi connectivity index (χ0n) is 7.10. The van der Waals surface area contributed by atoms with Crippen molar-refractivity contribution >= 4 is 23.6 Å². The van der Waals surface area contributed by atoms with Crippen LogP contribution in [0.15, 0.2) is 12.2 Å². The van der Waals surface area contributed by atoms with Crippen LogP contribution in [-0.2, 0) is 9.59 Å². The van der Waals surface area contributed by atoms with Gasteiger partial charge in [-0.1, -0.05) is 0 Å². The van der Waals surface area contributed by atoms with Gasteiger partial charge in [-0.25, -0.2) is 4.79 Å². The minimum absolute atomic E-state index is 0.206. The van der Waals surface area contributed by atoms with Gasteiger partial charge in [0.25, 0.3) is 0 Å². The fraction of sp³-hybridized carbons (Fsp3) is 0.500. The van der Waals surface area contributed by atoms with Crippen molar-refractivity contribution in [3.05, 3.63) is 12.2 Å². The molecule has 0 radical (unpaired) electrons. The van der Waals surface area contributed by atoms with E-state index in [4.69, 9.17) is 5.11 Å². The quantitative estimate of drug-likeness (QED) is 0.648. The van der Waals surface area contributed by atoms with E-state index in [1.807, 2.05) is 0 Å². The Labute approximate surface area is 80.6 Å². The van der Waals surface area contributed by atoms with Crippen molar-refractivity contribution in [1.29, 1.82) is 0 Å². The smallest absolute Gasteiger partial charge is 0.328 e. The lowest BCUT2D eigenvalue weighted by atomic mass is 10.4. The molecule has 0 aromatic rings. The largest absolute Gasteiger partial charge is 0.478 e. The number of carbonyl (C=O) groups excluding carboxylic acids is 1. The van der Waals surface area contributed by atoms with Gasteiger partial charge < -0.3 is 10.0 Å². The van der Waals surface area contributed by atoms with E-state index in [9.17, 15) is 9.59 Å². The maximum atomic E-state index is 11.3. The molecule has 1 fully saturated rings. The second kappa shape index (κ2) is 4.91. The standard InChI is InChI=1S/C8H11NO3S/c10-7(1-2-8(11)12)9-3-5-13-6-4-9/h1-2H,3-6H2,(H,11,12)/b2-1+. The summed E-state index contributed by atoms with van der Waals surface area (Å²) in [6.07, 6.45) is 1.99. The van der Waals surface area contributed by atoms with E-state index in [1.165, 1.54) is 0 Å². The SMILES string of the molecule is O=C(O)/C=C/C(=O)N1CCSCC1. The monoisotopic (exact) mass is 201 g/mol. The van der Waals surface area contributed by atoms with Gasteiger partial charge >= 0.3 is 5.97 Å². The number of carboxylic acid groups (broad SMARTS) is 1. The molecule has 5 heteroatoms. The first-order chi connectivity index (χ1) is 6.20. The Morgan fingerprint density at radius 1 is 1.23 bits per heavy atom. The van der Waals surface area contributed by atoms with Gasteiger partial charge in [-0.15, -0.1) is 0 Å². The molecule has 13 heavy (non-hydrogen) atoms. The number of rotatable bonds is 2. The zero-order chi connectivity index (χ0) is 9.68. The third-order valence-corrected chi connectivity index (χ3v) is 2.63. The second-order valence-electron chi connectivity index (χ2n) is 2.61. The minimum atomic E-state index is -1.08. The highest BCUT2D eigenvalue weighted by molar-refractivity contribution is 7.99. The van der Waals surface area contributed by atoms with Crippen molar-refractivity contribution in [2.45, 2.75) is 0 Å². The molecule has 1 rings (SSSR count). The molecule has 0 saturated carbocycles. The molecule has 0 spiro atoms. The third-order valence-electron chi connectivity index (χ3n) is 1.69. The molecule has 1 saturated heterocycles. The Morgan fingerprint density at radius 3 is 2.38 bits per heavy atom. The number of nitrogens with zero attached hydrogens (tertiary/aromatic N) is 1. The van der Waals surface area contributed by atoms with E-state index in [0.29, 0.717) is 13.1 Å². The van der Waals surface area contributed by atoms with E-state index < -0.39 is 5.97 Å². The molecule has 0 bridgehead atoms. The maximum absolute atomic E-state index is 11.3. The van der Waals surface area contributed by atoms with Gasteiger partial charge in [0, 0.05) is 36.7 Å². The molecule has 1 N–H and O–H groups in total. The molecule has 1 aliphatic rings. The van der Waals surface area contributed by atoms with Gasteiger partial charge in [-0.2, -0.15) is 11.8 Å². The summed E-state index contributed by atoms with van der Waals surface area (Å²) in [4.78, 5) is 23.1. The Bertz CT molecular complexity index is 234. The average Bonchev–Trinajstić information content (AvgIpc) is 2.15. The molecule has 1 amide bonds. The summed E-state index contributed by atoms with van der Waals surface area (Å²) in [5.41, 5.74) is 0.